The van der Waals surface area contributed by atoms with E-state index in [0.717, 1.165) is 29.5 Å². The van der Waals surface area contributed by atoms with E-state index in [1.165, 1.54) is 0 Å². The van der Waals surface area contributed by atoms with Crippen molar-refractivity contribution in [2.75, 3.05) is 26.2 Å². The Hall–Kier alpha value is -1.44. The molecule has 0 amide bonds. The summed E-state index contributed by atoms with van der Waals surface area (Å²) < 4.78 is 27.7. The number of nitrogens with one attached hydrogen (secondary N) is 1. The normalized spacial score (nSPS) is 19.4. The lowest BCUT2D eigenvalue weighted by molar-refractivity contribution is -0.136. The maximum absolute atomic E-state index is 13.1. The second-order valence-corrected chi connectivity index (χ2v) is 8.50. The number of carboxylic acids is 1. The van der Waals surface area contributed by atoms with E-state index in [9.17, 15) is 13.2 Å². The van der Waals surface area contributed by atoms with Crippen LogP contribution in [0.1, 0.15) is 29.5 Å². The molecule has 1 aromatic rings. The molecule has 6 nitrogen and oxygen atoms in total. The van der Waals surface area contributed by atoms with Crippen LogP contribution in [0.2, 0.25) is 0 Å². The van der Waals surface area contributed by atoms with Crippen LogP contribution < -0.4 is 5.32 Å². The molecular formula is C17H26N2O4S. The number of carboxylic acid groups (broad SMARTS) is 1. The van der Waals surface area contributed by atoms with E-state index >= 15 is 0 Å². The number of benzene rings is 1. The van der Waals surface area contributed by atoms with Crippen molar-refractivity contribution in [2.24, 2.45) is 5.92 Å². The zero-order valence-corrected chi connectivity index (χ0v) is 15.3. The highest BCUT2D eigenvalue weighted by molar-refractivity contribution is 7.89. The quantitative estimate of drug-likeness (QED) is 0.812. The van der Waals surface area contributed by atoms with Crippen molar-refractivity contribution in [3.05, 3.63) is 28.8 Å². The lowest BCUT2D eigenvalue weighted by Crippen LogP contribution is -2.43. The van der Waals surface area contributed by atoms with E-state index in [1.54, 1.807) is 4.31 Å². The Morgan fingerprint density at radius 1 is 1.29 bits per heavy atom. The molecule has 1 heterocycles. The van der Waals surface area contributed by atoms with Crippen LogP contribution in [-0.4, -0.2) is 50.0 Å². The van der Waals surface area contributed by atoms with E-state index in [4.69, 9.17) is 5.11 Å². The third-order valence-electron chi connectivity index (χ3n) is 4.39. The number of sulfonamides is 1. The van der Waals surface area contributed by atoms with Gasteiger partial charge in [0.1, 0.15) is 0 Å². The van der Waals surface area contributed by atoms with Crippen LogP contribution in [0.25, 0.3) is 0 Å². The van der Waals surface area contributed by atoms with Gasteiger partial charge in [0, 0.05) is 13.1 Å². The average Bonchev–Trinajstić information content (AvgIpc) is 2.45. The fourth-order valence-electron chi connectivity index (χ4n) is 3.50. The van der Waals surface area contributed by atoms with Crippen molar-refractivity contribution in [1.82, 2.24) is 9.62 Å². The van der Waals surface area contributed by atoms with Gasteiger partial charge >= 0.3 is 5.97 Å². The fourth-order valence-corrected chi connectivity index (χ4v) is 5.46. The predicted molar refractivity (Wildman–Crippen MR) is 92.6 cm³/mol. The first-order chi connectivity index (χ1) is 11.2. The van der Waals surface area contributed by atoms with Crippen molar-refractivity contribution in [3.8, 4) is 0 Å². The van der Waals surface area contributed by atoms with Crippen LogP contribution >= 0.6 is 0 Å². The van der Waals surface area contributed by atoms with Gasteiger partial charge < -0.3 is 10.4 Å². The standard InChI is InChI=1S/C17H26N2O4S/c1-12-7-13(2)17(14(3)8-12)24(22,23)19-6-4-5-15(11-19)9-18-10-16(20)21/h7-8,15,18H,4-6,9-11H2,1-3H3,(H,20,21). The Labute approximate surface area is 143 Å². The van der Waals surface area contributed by atoms with Crippen molar-refractivity contribution >= 4 is 16.0 Å². The number of hydrogen-bond acceptors (Lipinski definition) is 4. The molecule has 0 saturated carbocycles. The van der Waals surface area contributed by atoms with Crippen LogP contribution in [-0.2, 0) is 14.8 Å². The molecule has 1 fully saturated rings. The number of nitrogens with zero attached hydrogens (tertiary/aromatic N) is 1. The first-order valence-corrected chi connectivity index (χ1v) is 9.66. The molecule has 1 aliphatic rings. The van der Waals surface area contributed by atoms with Gasteiger partial charge in [-0.25, -0.2) is 8.42 Å². The van der Waals surface area contributed by atoms with E-state index < -0.39 is 16.0 Å². The van der Waals surface area contributed by atoms with Crippen LogP contribution in [0.15, 0.2) is 17.0 Å². The smallest absolute Gasteiger partial charge is 0.317 e. The molecule has 0 bridgehead atoms. The summed E-state index contributed by atoms with van der Waals surface area (Å²) in [5, 5.41) is 11.6. The molecule has 2 N–H and O–H groups in total. The van der Waals surface area contributed by atoms with Gasteiger partial charge in [-0.15, -0.1) is 0 Å². The van der Waals surface area contributed by atoms with Gasteiger partial charge in [0.25, 0.3) is 0 Å². The van der Waals surface area contributed by atoms with Crippen molar-refractivity contribution in [2.45, 2.75) is 38.5 Å². The number of aliphatic carboxylic acids is 1. The molecule has 1 aliphatic heterocycles. The monoisotopic (exact) mass is 354 g/mol. The van der Waals surface area contributed by atoms with Crippen LogP contribution in [0.5, 0.6) is 0 Å². The molecule has 0 aliphatic carbocycles. The molecule has 1 saturated heterocycles. The van der Waals surface area contributed by atoms with Gasteiger partial charge in [-0.1, -0.05) is 17.7 Å². The highest BCUT2D eigenvalue weighted by Crippen LogP contribution is 2.28. The van der Waals surface area contributed by atoms with Gasteiger partial charge in [-0.2, -0.15) is 4.31 Å². The predicted octanol–water partition coefficient (Wildman–Crippen LogP) is 1.69. The summed E-state index contributed by atoms with van der Waals surface area (Å²) in [5.74, 6) is -0.764. The second kappa shape index (κ2) is 7.63. The van der Waals surface area contributed by atoms with Crippen molar-refractivity contribution in [1.29, 1.82) is 0 Å². The lowest BCUT2D eigenvalue weighted by Gasteiger charge is -2.32. The molecule has 2 rings (SSSR count). The summed E-state index contributed by atoms with van der Waals surface area (Å²) in [6, 6.07) is 3.80. The molecular weight excluding hydrogens is 328 g/mol. The van der Waals surface area contributed by atoms with Crippen molar-refractivity contribution < 1.29 is 18.3 Å². The summed E-state index contributed by atoms with van der Waals surface area (Å²) in [6.07, 6.45) is 1.70. The number of rotatable bonds is 6. The van der Waals surface area contributed by atoms with E-state index in [0.29, 0.717) is 24.5 Å². The summed E-state index contributed by atoms with van der Waals surface area (Å²) >= 11 is 0. The van der Waals surface area contributed by atoms with Crippen LogP contribution in [0, 0.1) is 26.7 Å². The SMILES string of the molecule is Cc1cc(C)c(S(=O)(=O)N2CCCC(CNCC(=O)O)C2)c(C)c1. The second-order valence-electron chi connectivity index (χ2n) is 6.62. The first-order valence-electron chi connectivity index (χ1n) is 8.22. The molecule has 134 valence electrons. The Bertz CT molecular complexity index is 692. The lowest BCUT2D eigenvalue weighted by atomic mass is 10.00. The molecule has 0 aromatic heterocycles. The highest BCUT2D eigenvalue weighted by Gasteiger charge is 2.32. The number of aryl methyl sites for hydroxylation is 3. The third-order valence-corrected chi connectivity index (χ3v) is 6.56. The number of carbonyl (C=O) groups is 1. The summed E-state index contributed by atoms with van der Waals surface area (Å²) in [7, 11) is -3.53. The zero-order chi connectivity index (χ0) is 17.9. The Balaban J connectivity index is 2.16. The molecule has 1 unspecified atom stereocenters. The molecule has 1 atom stereocenters. The maximum atomic E-state index is 13.1. The first kappa shape index (κ1) is 18.9. The summed E-state index contributed by atoms with van der Waals surface area (Å²) in [5.41, 5.74) is 2.61. The largest absolute Gasteiger partial charge is 0.480 e. The molecule has 24 heavy (non-hydrogen) atoms. The molecule has 1 aromatic carbocycles. The number of hydrogen-bond donors (Lipinski definition) is 2. The Kier molecular flexibility index (Phi) is 6.01. The van der Waals surface area contributed by atoms with Crippen LogP contribution in [0.4, 0.5) is 0 Å². The van der Waals surface area contributed by atoms with Gasteiger partial charge in [0.05, 0.1) is 11.4 Å². The number of piperidine rings is 1. The third kappa shape index (κ3) is 4.34. The topological polar surface area (TPSA) is 86.7 Å². The summed E-state index contributed by atoms with van der Waals surface area (Å²) in [6.45, 7) is 7.00. The van der Waals surface area contributed by atoms with Gasteiger partial charge in [0.15, 0.2) is 0 Å². The van der Waals surface area contributed by atoms with Crippen LogP contribution in [0.3, 0.4) is 0 Å². The minimum Gasteiger partial charge on any atom is -0.480 e. The highest BCUT2D eigenvalue weighted by atomic mass is 32.2. The fraction of sp³-hybridized carbons (Fsp3) is 0.588. The van der Waals surface area contributed by atoms with Gasteiger partial charge in [0.2, 0.25) is 10.0 Å². The zero-order valence-electron chi connectivity index (χ0n) is 14.5. The van der Waals surface area contributed by atoms with Gasteiger partial charge in [-0.3, -0.25) is 4.79 Å². The summed E-state index contributed by atoms with van der Waals surface area (Å²) in [4.78, 5) is 11.0. The molecule has 7 heteroatoms. The minimum absolute atomic E-state index is 0.0978. The van der Waals surface area contributed by atoms with E-state index in [1.807, 2.05) is 32.9 Å². The van der Waals surface area contributed by atoms with Gasteiger partial charge in [-0.05, 0) is 57.2 Å². The maximum Gasteiger partial charge on any atom is 0.317 e. The molecule has 0 radical (unpaired) electrons. The Morgan fingerprint density at radius 2 is 1.92 bits per heavy atom. The molecule has 0 spiro atoms. The Morgan fingerprint density at radius 3 is 2.50 bits per heavy atom. The van der Waals surface area contributed by atoms with E-state index in [-0.39, 0.29) is 12.5 Å². The minimum atomic E-state index is -3.53. The van der Waals surface area contributed by atoms with Crippen molar-refractivity contribution in [3.63, 3.8) is 0 Å². The average molecular weight is 354 g/mol. The van der Waals surface area contributed by atoms with E-state index in [2.05, 4.69) is 5.32 Å².